The van der Waals surface area contributed by atoms with Crippen LogP contribution in [0.3, 0.4) is 0 Å². The molecule has 5 heteroatoms. The first-order valence-corrected chi connectivity index (χ1v) is 6.73. The van der Waals surface area contributed by atoms with E-state index in [4.69, 9.17) is 10.00 Å². The molecule has 0 fully saturated rings. The third kappa shape index (κ3) is 3.48. The normalized spacial score (nSPS) is 17.9. The summed E-state index contributed by atoms with van der Waals surface area (Å²) in [6.07, 6.45) is 0.366. The van der Waals surface area contributed by atoms with Crippen LogP contribution in [0.25, 0.3) is 0 Å². The van der Waals surface area contributed by atoms with Crippen molar-refractivity contribution in [1.82, 2.24) is 5.32 Å². The zero-order valence-electron chi connectivity index (χ0n) is 11.8. The summed E-state index contributed by atoms with van der Waals surface area (Å²) in [6, 6.07) is 11.3. The van der Waals surface area contributed by atoms with Gasteiger partial charge in [0.05, 0.1) is 18.1 Å². The van der Waals surface area contributed by atoms with Crippen molar-refractivity contribution in [1.29, 1.82) is 5.26 Å². The highest BCUT2D eigenvalue weighted by Gasteiger charge is 2.32. The van der Waals surface area contributed by atoms with Gasteiger partial charge in [0.15, 0.2) is 0 Å². The fourth-order valence-electron chi connectivity index (χ4n) is 2.41. The van der Waals surface area contributed by atoms with Gasteiger partial charge in [-0.2, -0.15) is 5.26 Å². The van der Waals surface area contributed by atoms with E-state index in [1.165, 1.54) is 0 Å². The first kappa shape index (κ1) is 14.8. The van der Waals surface area contributed by atoms with Crippen LogP contribution in [-0.2, 0) is 14.3 Å². The number of carbonyl (C=O) groups excluding carboxylic acids is 2. The van der Waals surface area contributed by atoms with E-state index >= 15 is 0 Å². The molecule has 1 aromatic rings. The first-order chi connectivity index (χ1) is 10.1. The highest BCUT2D eigenvalue weighted by molar-refractivity contribution is 5.95. The predicted molar refractivity (Wildman–Crippen MR) is 75.8 cm³/mol. The number of nitrogens with zero attached hydrogens (tertiary/aromatic N) is 1. The molecule has 1 aromatic carbocycles. The average molecular weight is 284 g/mol. The molecule has 1 aliphatic heterocycles. The van der Waals surface area contributed by atoms with Gasteiger partial charge in [-0.05, 0) is 12.5 Å². The molecule has 0 radical (unpaired) electrons. The molecule has 1 N–H and O–H groups in total. The van der Waals surface area contributed by atoms with E-state index in [9.17, 15) is 9.59 Å². The number of hydrogen-bond acceptors (Lipinski definition) is 4. The molecule has 5 nitrogen and oxygen atoms in total. The minimum Gasteiger partial charge on any atom is -0.461 e. The number of ether oxygens (including phenoxy) is 1. The van der Waals surface area contributed by atoms with Crippen LogP contribution >= 0.6 is 0 Å². The predicted octanol–water partition coefficient (Wildman–Crippen LogP) is 2.02. The second kappa shape index (κ2) is 6.71. The van der Waals surface area contributed by atoms with Crippen molar-refractivity contribution >= 4 is 11.9 Å². The van der Waals surface area contributed by atoms with Gasteiger partial charge >= 0.3 is 5.97 Å². The SMILES string of the molecule is CC1=C(C(=O)OCCC#N)[C@H](c2ccccc2)CC(=O)N1. The number of nitrogens with one attached hydrogen (secondary N) is 1. The second-order valence-electron chi connectivity index (χ2n) is 4.80. The molecular weight excluding hydrogens is 268 g/mol. The highest BCUT2D eigenvalue weighted by atomic mass is 16.5. The van der Waals surface area contributed by atoms with E-state index < -0.39 is 5.97 Å². The van der Waals surface area contributed by atoms with E-state index in [1.807, 2.05) is 36.4 Å². The largest absolute Gasteiger partial charge is 0.461 e. The molecule has 2 rings (SSSR count). The number of nitriles is 1. The van der Waals surface area contributed by atoms with Gasteiger partial charge in [0.25, 0.3) is 0 Å². The summed E-state index contributed by atoms with van der Waals surface area (Å²) in [5.74, 6) is -0.902. The van der Waals surface area contributed by atoms with Crippen LogP contribution in [0.4, 0.5) is 0 Å². The zero-order chi connectivity index (χ0) is 15.2. The molecule has 21 heavy (non-hydrogen) atoms. The Bertz CT molecular complexity index is 614. The van der Waals surface area contributed by atoms with Crippen LogP contribution < -0.4 is 5.32 Å². The van der Waals surface area contributed by atoms with Gasteiger partial charge in [0.2, 0.25) is 5.91 Å². The summed E-state index contributed by atoms with van der Waals surface area (Å²) in [5, 5.41) is 11.2. The lowest BCUT2D eigenvalue weighted by Crippen LogP contribution is -2.34. The first-order valence-electron chi connectivity index (χ1n) is 6.73. The summed E-state index contributed by atoms with van der Waals surface area (Å²) in [4.78, 5) is 24.0. The molecule has 0 aliphatic carbocycles. The summed E-state index contributed by atoms with van der Waals surface area (Å²) >= 11 is 0. The minimum atomic E-state index is -0.475. The van der Waals surface area contributed by atoms with Crippen LogP contribution in [0.15, 0.2) is 41.6 Å². The number of amides is 1. The smallest absolute Gasteiger partial charge is 0.336 e. The number of rotatable bonds is 4. The number of allylic oxidation sites excluding steroid dienone is 1. The van der Waals surface area contributed by atoms with Crippen molar-refractivity contribution < 1.29 is 14.3 Å². The molecule has 0 aromatic heterocycles. The quantitative estimate of drug-likeness (QED) is 0.677. The van der Waals surface area contributed by atoms with Crippen LogP contribution in [-0.4, -0.2) is 18.5 Å². The summed E-state index contributed by atoms with van der Waals surface area (Å²) in [6.45, 7) is 1.75. The van der Waals surface area contributed by atoms with Gasteiger partial charge in [-0.25, -0.2) is 4.79 Å². The van der Waals surface area contributed by atoms with Crippen LogP contribution in [0.2, 0.25) is 0 Å². The molecule has 0 saturated heterocycles. The molecule has 0 unspecified atom stereocenters. The Morgan fingerprint density at radius 2 is 2.14 bits per heavy atom. The number of hydrogen-bond donors (Lipinski definition) is 1. The van der Waals surface area contributed by atoms with Gasteiger partial charge in [-0.15, -0.1) is 0 Å². The Hall–Kier alpha value is -2.61. The molecule has 1 atom stereocenters. The van der Waals surface area contributed by atoms with Gasteiger partial charge in [-0.3, -0.25) is 4.79 Å². The number of esters is 1. The van der Waals surface area contributed by atoms with E-state index in [0.717, 1.165) is 5.56 Å². The third-order valence-electron chi connectivity index (χ3n) is 3.34. The second-order valence-corrected chi connectivity index (χ2v) is 4.80. The topological polar surface area (TPSA) is 79.2 Å². The van der Waals surface area contributed by atoms with E-state index in [0.29, 0.717) is 11.3 Å². The lowest BCUT2D eigenvalue weighted by Gasteiger charge is -2.26. The Morgan fingerprint density at radius 3 is 2.81 bits per heavy atom. The lowest BCUT2D eigenvalue weighted by molar-refractivity contribution is -0.139. The van der Waals surface area contributed by atoms with Gasteiger partial charge in [0.1, 0.15) is 6.61 Å². The zero-order valence-corrected chi connectivity index (χ0v) is 11.8. The van der Waals surface area contributed by atoms with Crippen molar-refractivity contribution in [3.05, 3.63) is 47.2 Å². The van der Waals surface area contributed by atoms with Crippen molar-refractivity contribution in [2.75, 3.05) is 6.61 Å². The molecule has 1 heterocycles. The van der Waals surface area contributed by atoms with Crippen LogP contribution in [0.5, 0.6) is 0 Å². The van der Waals surface area contributed by atoms with Gasteiger partial charge in [0, 0.05) is 18.0 Å². The molecule has 0 spiro atoms. The maximum atomic E-state index is 12.2. The molecule has 1 aliphatic rings. The molecule has 0 bridgehead atoms. The Kier molecular flexibility index (Phi) is 4.72. The van der Waals surface area contributed by atoms with Crippen molar-refractivity contribution in [3.63, 3.8) is 0 Å². The Morgan fingerprint density at radius 1 is 1.43 bits per heavy atom. The van der Waals surface area contributed by atoms with Gasteiger partial charge in [-0.1, -0.05) is 30.3 Å². The fourth-order valence-corrected chi connectivity index (χ4v) is 2.41. The third-order valence-corrected chi connectivity index (χ3v) is 3.34. The van der Waals surface area contributed by atoms with Gasteiger partial charge < -0.3 is 10.1 Å². The van der Waals surface area contributed by atoms with Crippen LogP contribution in [0, 0.1) is 11.3 Å². The molecule has 1 amide bonds. The maximum Gasteiger partial charge on any atom is 0.336 e. The van der Waals surface area contributed by atoms with Crippen molar-refractivity contribution in [2.45, 2.75) is 25.7 Å². The number of benzene rings is 1. The molecular formula is C16H16N2O3. The minimum absolute atomic E-state index is 0.0571. The fraction of sp³-hybridized carbons (Fsp3) is 0.312. The van der Waals surface area contributed by atoms with Crippen molar-refractivity contribution in [2.24, 2.45) is 0 Å². The maximum absolute atomic E-state index is 12.2. The average Bonchev–Trinajstić information content (AvgIpc) is 2.47. The Labute approximate surface area is 123 Å². The summed E-state index contributed by atoms with van der Waals surface area (Å²) < 4.78 is 5.11. The van der Waals surface area contributed by atoms with E-state index in [1.54, 1.807) is 6.92 Å². The van der Waals surface area contributed by atoms with E-state index in [2.05, 4.69) is 5.32 Å². The standard InChI is InChI=1S/C16H16N2O3/c1-11-15(16(20)21-9-5-8-17)13(10-14(19)18-11)12-6-3-2-4-7-12/h2-4,6-7,13H,5,9-10H2,1H3,(H,18,19)/t13-/m0/s1. The summed E-state index contributed by atoms with van der Waals surface area (Å²) in [5.41, 5.74) is 1.87. The van der Waals surface area contributed by atoms with Crippen LogP contribution in [0.1, 0.15) is 31.2 Å². The Balaban J connectivity index is 2.29. The number of carbonyl (C=O) groups is 2. The van der Waals surface area contributed by atoms with E-state index in [-0.39, 0.29) is 31.3 Å². The van der Waals surface area contributed by atoms with Crippen molar-refractivity contribution in [3.8, 4) is 6.07 Å². The molecule has 0 saturated carbocycles. The summed E-state index contributed by atoms with van der Waals surface area (Å²) in [7, 11) is 0. The molecule has 108 valence electrons. The monoisotopic (exact) mass is 284 g/mol. The highest BCUT2D eigenvalue weighted by Crippen LogP contribution is 2.33. The lowest BCUT2D eigenvalue weighted by atomic mass is 9.84.